The van der Waals surface area contributed by atoms with E-state index in [2.05, 4.69) is 21.2 Å². The third-order valence-electron chi connectivity index (χ3n) is 4.99. The van der Waals surface area contributed by atoms with Gasteiger partial charge in [-0.15, -0.1) is 0 Å². The van der Waals surface area contributed by atoms with Crippen LogP contribution >= 0.6 is 11.6 Å². The van der Waals surface area contributed by atoms with Gasteiger partial charge in [-0.25, -0.2) is 5.43 Å². The molecule has 1 aliphatic rings. The van der Waals surface area contributed by atoms with Crippen LogP contribution < -0.4 is 25.5 Å². The number of benzene rings is 2. The molecule has 184 valence electrons. The lowest BCUT2D eigenvalue weighted by molar-refractivity contribution is -0.123. The third kappa shape index (κ3) is 8.26. The monoisotopic (exact) mass is 499 g/mol. The van der Waals surface area contributed by atoms with E-state index in [1.165, 1.54) is 0 Å². The Morgan fingerprint density at radius 1 is 1.20 bits per heavy atom. The number of carbonyl (C=O) groups excluding carboxylic acids is 2. The predicted octanol–water partition coefficient (Wildman–Crippen LogP) is 1.70. The van der Waals surface area contributed by atoms with Crippen LogP contribution in [0.1, 0.15) is 30.4 Å². The molecule has 1 atom stereocenters. The Labute approximate surface area is 207 Å². The second-order valence-electron chi connectivity index (χ2n) is 7.60. The van der Waals surface area contributed by atoms with Gasteiger partial charge in [0.25, 0.3) is 5.91 Å². The lowest BCUT2D eigenvalue weighted by Gasteiger charge is -2.15. The summed E-state index contributed by atoms with van der Waals surface area (Å²) in [6.07, 6.45) is 0.152. The van der Waals surface area contributed by atoms with Gasteiger partial charge in [0.2, 0.25) is 5.91 Å². The van der Waals surface area contributed by atoms with E-state index in [9.17, 15) is 14.7 Å². The van der Waals surface area contributed by atoms with Gasteiger partial charge >= 0.3 is 0 Å². The number of halogens is 1. The van der Waals surface area contributed by atoms with Crippen LogP contribution in [0.4, 0.5) is 0 Å². The number of hydrogen-bond acceptors (Lipinski definition) is 8. The Bertz CT molecular complexity index is 1120. The van der Waals surface area contributed by atoms with Crippen LogP contribution in [-0.4, -0.2) is 55.2 Å². The molecular weight excluding hydrogens is 474 g/mol. The van der Waals surface area contributed by atoms with E-state index >= 15 is 0 Å². The van der Waals surface area contributed by atoms with Crippen molar-refractivity contribution in [2.24, 2.45) is 5.10 Å². The third-order valence-corrected chi connectivity index (χ3v) is 5.29. The summed E-state index contributed by atoms with van der Waals surface area (Å²) in [5.41, 5.74) is 4.31. The molecule has 3 rings (SSSR count). The Balaban J connectivity index is 1.30. The standard InChI is InChI=1S/C24H26ClN5O5/c25-18-13-16(19-6-8-22(31)30-29-19)5-7-21(18)34-15-23(32)28-12-11-27-10-9-24(33)35-20-4-2-1-3-17(20)14-26/h1-5,7,13,24,27,33H,6,8-12,15H2,(H,28,32)(H,30,31). The van der Waals surface area contributed by atoms with Gasteiger partial charge in [0.1, 0.15) is 17.6 Å². The molecule has 1 unspecified atom stereocenters. The van der Waals surface area contributed by atoms with Crippen LogP contribution in [0.15, 0.2) is 47.6 Å². The van der Waals surface area contributed by atoms with E-state index in [4.69, 9.17) is 26.3 Å². The van der Waals surface area contributed by atoms with Crippen molar-refractivity contribution in [3.8, 4) is 17.6 Å². The Kier molecular flexibility index (Phi) is 9.86. The molecule has 11 heteroatoms. The Morgan fingerprint density at radius 3 is 2.77 bits per heavy atom. The lowest BCUT2D eigenvalue weighted by Crippen LogP contribution is -2.35. The second-order valence-corrected chi connectivity index (χ2v) is 8.00. The van der Waals surface area contributed by atoms with Gasteiger partial charge in [-0.3, -0.25) is 9.59 Å². The first-order chi connectivity index (χ1) is 17.0. The zero-order valence-electron chi connectivity index (χ0n) is 18.9. The fourth-order valence-corrected chi connectivity index (χ4v) is 3.42. The molecule has 35 heavy (non-hydrogen) atoms. The van der Waals surface area contributed by atoms with Gasteiger partial charge in [0.05, 0.1) is 16.3 Å². The molecule has 4 N–H and O–H groups in total. The summed E-state index contributed by atoms with van der Waals surface area (Å²) in [4.78, 5) is 23.2. The number of aliphatic hydroxyl groups excluding tert-OH is 1. The first-order valence-corrected chi connectivity index (χ1v) is 11.4. The molecule has 0 radical (unpaired) electrons. The minimum atomic E-state index is -1.06. The number of nitriles is 1. The molecule has 0 spiro atoms. The van der Waals surface area contributed by atoms with Gasteiger partial charge in [-0.2, -0.15) is 10.4 Å². The van der Waals surface area contributed by atoms with Crippen LogP contribution in [0.3, 0.4) is 0 Å². The van der Waals surface area contributed by atoms with Gasteiger partial charge in [0, 0.05) is 38.9 Å². The highest BCUT2D eigenvalue weighted by Gasteiger charge is 2.15. The Hall–Kier alpha value is -3.65. The number of amides is 2. The highest BCUT2D eigenvalue weighted by Crippen LogP contribution is 2.26. The van der Waals surface area contributed by atoms with E-state index in [1.54, 1.807) is 42.5 Å². The van der Waals surface area contributed by atoms with Crippen LogP contribution in [0.25, 0.3) is 0 Å². The molecule has 1 aliphatic heterocycles. The molecular formula is C24H26ClN5O5. The number of rotatable bonds is 12. The molecule has 0 saturated carbocycles. The average Bonchev–Trinajstić information content (AvgIpc) is 2.86. The number of hydrogen-bond donors (Lipinski definition) is 4. The number of hydrazone groups is 1. The molecule has 0 aromatic heterocycles. The van der Waals surface area contributed by atoms with E-state index in [-0.39, 0.29) is 18.4 Å². The minimum Gasteiger partial charge on any atom is -0.482 e. The molecule has 2 aromatic rings. The van der Waals surface area contributed by atoms with Crippen LogP contribution in [0.5, 0.6) is 11.5 Å². The first kappa shape index (κ1) is 26.0. The summed E-state index contributed by atoms with van der Waals surface area (Å²) in [5, 5.41) is 29.2. The van der Waals surface area contributed by atoms with E-state index in [0.29, 0.717) is 61.0 Å². The molecule has 0 fully saturated rings. The predicted molar refractivity (Wildman–Crippen MR) is 129 cm³/mol. The number of aliphatic hydroxyl groups is 1. The summed E-state index contributed by atoms with van der Waals surface area (Å²) in [5.74, 6) is 0.283. The number of ether oxygens (including phenoxy) is 2. The van der Waals surface area contributed by atoms with Crippen molar-refractivity contribution in [2.45, 2.75) is 25.6 Å². The van der Waals surface area contributed by atoms with Crippen molar-refractivity contribution in [1.82, 2.24) is 16.1 Å². The number of nitrogens with one attached hydrogen (secondary N) is 3. The van der Waals surface area contributed by atoms with E-state index in [0.717, 1.165) is 11.3 Å². The normalized spacial score (nSPS) is 13.7. The molecule has 0 aliphatic carbocycles. The van der Waals surface area contributed by atoms with E-state index in [1.807, 2.05) is 6.07 Å². The number of nitrogens with zero attached hydrogens (tertiary/aromatic N) is 2. The first-order valence-electron chi connectivity index (χ1n) is 11.1. The van der Waals surface area contributed by atoms with Crippen molar-refractivity contribution in [1.29, 1.82) is 5.26 Å². The highest BCUT2D eigenvalue weighted by molar-refractivity contribution is 6.32. The second kappa shape index (κ2) is 13.3. The smallest absolute Gasteiger partial charge is 0.257 e. The summed E-state index contributed by atoms with van der Waals surface area (Å²) in [6.45, 7) is 1.12. The maximum atomic E-state index is 12.0. The summed E-state index contributed by atoms with van der Waals surface area (Å²) >= 11 is 6.26. The van der Waals surface area contributed by atoms with Crippen molar-refractivity contribution < 1.29 is 24.2 Å². The maximum Gasteiger partial charge on any atom is 0.257 e. The van der Waals surface area contributed by atoms with Gasteiger partial charge < -0.3 is 25.2 Å². The van der Waals surface area contributed by atoms with E-state index < -0.39 is 6.29 Å². The largest absolute Gasteiger partial charge is 0.482 e. The molecule has 1 heterocycles. The summed E-state index contributed by atoms with van der Waals surface area (Å²) < 4.78 is 10.9. The fourth-order valence-electron chi connectivity index (χ4n) is 3.18. The van der Waals surface area contributed by atoms with Gasteiger partial charge in [-0.1, -0.05) is 23.7 Å². The lowest BCUT2D eigenvalue weighted by atomic mass is 10.0. The van der Waals surface area contributed by atoms with Crippen molar-refractivity contribution >= 4 is 29.1 Å². The van der Waals surface area contributed by atoms with Crippen molar-refractivity contribution in [3.05, 3.63) is 58.6 Å². The van der Waals surface area contributed by atoms with Crippen LogP contribution in [-0.2, 0) is 9.59 Å². The average molecular weight is 500 g/mol. The molecule has 0 saturated heterocycles. The van der Waals surface area contributed by atoms with Gasteiger partial charge in [0.15, 0.2) is 12.9 Å². The van der Waals surface area contributed by atoms with Crippen LogP contribution in [0, 0.1) is 11.3 Å². The number of carbonyl (C=O) groups is 2. The zero-order chi connectivity index (χ0) is 25.0. The topological polar surface area (TPSA) is 145 Å². The SMILES string of the molecule is N#Cc1ccccc1OC(O)CCNCCNC(=O)COc1ccc(C2=NNC(=O)CC2)cc1Cl. The minimum absolute atomic E-state index is 0.120. The molecule has 2 aromatic carbocycles. The Morgan fingerprint density at radius 2 is 2.03 bits per heavy atom. The fraction of sp³-hybridized carbons (Fsp3) is 0.333. The van der Waals surface area contributed by atoms with Gasteiger partial charge in [-0.05, 0) is 35.9 Å². The zero-order valence-corrected chi connectivity index (χ0v) is 19.7. The molecule has 2 amide bonds. The molecule has 10 nitrogen and oxygen atoms in total. The highest BCUT2D eigenvalue weighted by atomic mass is 35.5. The summed E-state index contributed by atoms with van der Waals surface area (Å²) in [7, 11) is 0. The summed E-state index contributed by atoms with van der Waals surface area (Å²) in [6, 6.07) is 13.8. The number of para-hydroxylation sites is 1. The van der Waals surface area contributed by atoms with Crippen molar-refractivity contribution in [3.63, 3.8) is 0 Å². The van der Waals surface area contributed by atoms with Crippen LogP contribution in [0.2, 0.25) is 5.02 Å². The quantitative estimate of drug-likeness (QED) is 0.257. The maximum absolute atomic E-state index is 12.0. The molecule has 0 bridgehead atoms. The van der Waals surface area contributed by atoms with Crippen molar-refractivity contribution in [2.75, 3.05) is 26.2 Å².